The summed E-state index contributed by atoms with van der Waals surface area (Å²) in [5, 5.41) is 0. The molecule has 0 amide bonds. The first-order valence-corrected chi connectivity index (χ1v) is 11.5. The normalized spacial score (nSPS) is 10.7. The van der Waals surface area contributed by atoms with E-state index in [0.717, 1.165) is 25.7 Å². The summed E-state index contributed by atoms with van der Waals surface area (Å²) in [7, 11) is 0. The molecular formula is C23H44O4. The molecule has 0 rings (SSSR count). The van der Waals surface area contributed by atoms with Crippen molar-refractivity contribution in [2.75, 3.05) is 13.2 Å². The van der Waals surface area contributed by atoms with Crippen molar-refractivity contribution >= 4 is 11.9 Å². The molecule has 0 saturated heterocycles. The van der Waals surface area contributed by atoms with Crippen LogP contribution in [0.1, 0.15) is 123 Å². The lowest BCUT2D eigenvalue weighted by Crippen LogP contribution is -2.09. The van der Waals surface area contributed by atoms with E-state index in [9.17, 15) is 9.59 Å². The van der Waals surface area contributed by atoms with Crippen LogP contribution in [0.25, 0.3) is 0 Å². The van der Waals surface area contributed by atoms with Gasteiger partial charge in [0.1, 0.15) is 0 Å². The standard InChI is InChI=1S/C23H44O4/c1-3-5-7-9-11-13-15-20-26-22(24)18-17-19-23(25)27-21-16-14-12-10-8-6-4-2/h3-21H2,1-2H3. The highest BCUT2D eigenvalue weighted by molar-refractivity contribution is 5.72. The zero-order chi connectivity index (χ0) is 20.0. The third-order valence-electron chi connectivity index (χ3n) is 4.78. The van der Waals surface area contributed by atoms with Crippen LogP contribution in [0.3, 0.4) is 0 Å². The molecule has 0 aliphatic carbocycles. The molecule has 0 bridgehead atoms. The Bertz CT molecular complexity index is 309. The summed E-state index contributed by atoms with van der Waals surface area (Å²) >= 11 is 0. The number of hydrogen-bond acceptors (Lipinski definition) is 4. The minimum absolute atomic E-state index is 0.194. The highest BCUT2D eigenvalue weighted by atomic mass is 16.5. The van der Waals surface area contributed by atoms with E-state index in [2.05, 4.69) is 13.8 Å². The Morgan fingerprint density at radius 2 is 0.815 bits per heavy atom. The average Bonchev–Trinajstić information content (AvgIpc) is 2.66. The molecule has 4 heteroatoms. The SMILES string of the molecule is CCCCCCCCCOC(=O)CCCC(=O)OCCCCCCCCC. The molecule has 0 N–H and O–H groups in total. The van der Waals surface area contributed by atoms with Crippen LogP contribution in [0, 0.1) is 0 Å². The fourth-order valence-electron chi connectivity index (χ4n) is 3.01. The molecule has 0 saturated carbocycles. The van der Waals surface area contributed by atoms with Gasteiger partial charge in [-0.2, -0.15) is 0 Å². The maximum atomic E-state index is 11.6. The summed E-state index contributed by atoms with van der Waals surface area (Å²) in [6.45, 7) is 5.45. The smallest absolute Gasteiger partial charge is 0.305 e. The first-order valence-electron chi connectivity index (χ1n) is 11.5. The number of hydrogen-bond donors (Lipinski definition) is 0. The molecule has 0 aromatic heterocycles. The van der Waals surface area contributed by atoms with Crippen LogP contribution in [-0.2, 0) is 19.1 Å². The maximum absolute atomic E-state index is 11.6. The van der Waals surface area contributed by atoms with Gasteiger partial charge in [0.2, 0.25) is 0 Å². The molecule has 0 aliphatic rings. The zero-order valence-corrected chi connectivity index (χ0v) is 18.1. The van der Waals surface area contributed by atoms with Crippen molar-refractivity contribution in [3.63, 3.8) is 0 Å². The summed E-state index contributed by atoms with van der Waals surface area (Å²) in [5.41, 5.74) is 0. The number of ether oxygens (including phenoxy) is 2. The molecular weight excluding hydrogens is 340 g/mol. The predicted molar refractivity (Wildman–Crippen MR) is 112 cm³/mol. The fourth-order valence-corrected chi connectivity index (χ4v) is 3.01. The van der Waals surface area contributed by atoms with Crippen LogP contribution in [0.2, 0.25) is 0 Å². The average molecular weight is 385 g/mol. The third-order valence-corrected chi connectivity index (χ3v) is 4.78. The Morgan fingerprint density at radius 1 is 0.481 bits per heavy atom. The number of carbonyl (C=O) groups is 2. The van der Waals surface area contributed by atoms with E-state index in [0.29, 0.717) is 32.5 Å². The van der Waals surface area contributed by atoms with Crippen molar-refractivity contribution in [1.82, 2.24) is 0 Å². The van der Waals surface area contributed by atoms with E-state index < -0.39 is 0 Å². The van der Waals surface area contributed by atoms with Crippen molar-refractivity contribution in [2.24, 2.45) is 0 Å². The Morgan fingerprint density at radius 3 is 1.19 bits per heavy atom. The van der Waals surface area contributed by atoms with Crippen LogP contribution < -0.4 is 0 Å². The summed E-state index contributed by atoms with van der Waals surface area (Å²) < 4.78 is 10.4. The molecule has 0 aromatic carbocycles. The molecule has 160 valence electrons. The van der Waals surface area contributed by atoms with Crippen LogP contribution in [0.15, 0.2) is 0 Å². The molecule has 27 heavy (non-hydrogen) atoms. The fraction of sp³-hybridized carbons (Fsp3) is 0.913. The van der Waals surface area contributed by atoms with Gasteiger partial charge in [-0.05, 0) is 19.3 Å². The van der Waals surface area contributed by atoms with Gasteiger partial charge in [0, 0.05) is 12.8 Å². The van der Waals surface area contributed by atoms with Crippen LogP contribution in [0.4, 0.5) is 0 Å². The van der Waals surface area contributed by atoms with E-state index in [1.807, 2.05) is 0 Å². The van der Waals surface area contributed by atoms with Gasteiger partial charge in [-0.1, -0.05) is 90.9 Å². The molecule has 0 aliphatic heterocycles. The van der Waals surface area contributed by atoms with Crippen molar-refractivity contribution in [3.8, 4) is 0 Å². The highest BCUT2D eigenvalue weighted by Gasteiger charge is 2.07. The Kier molecular flexibility index (Phi) is 20.4. The Hall–Kier alpha value is -1.06. The monoisotopic (exact) mass is 384 g/mol. The molecule has 0 fully saturated rings. The van der Waals surface area contributed by atoms with Gasteiger partial charge in [-0.3, -0.25) is 9.59 Å². The van der Waals surface area contributed by atoms with Crippen molar-refractivity contribution < 1.29 is 19.1 Å². The Labute approximate surface area is 167 Å². The second-order valence-electron chi connectivity index (χ2n) is 7.54. The second-order valence-corrected chi connectivity index (χ2v) is 7.54. The van der Waals surface area contributed by atoms with E-state index in [1.54, 1.807) is 0 Å². The maximum Gasteiger partial charge on any atom is 0.305 e. The lowest BCUT2D eigenvalue weighted by Gasteiger charge is -2.06. The largest absolute Gasteiger partial charge is 0.466 e. The number of carbonyl (C=O) groups excluding carboxylic acids is 2. The summed E-state index contributed by atoms with van der Waals surface area (Å²) in [6, 6.07) is 0. The van der Waals surface area contributed by atoms with E-state index in [1.165, 1.54) is 64.2 Å². The first-order chi connectivity index (χ1) is 13.2. The van der Waals surface area contributed by atoms with Gasteiger partial charge in [-0.15, -0.1) is 0 Å². The lowest BCUT2D eigenvalue weighted by atomic mass is 10.1. The quantitative estimate of drug-likeness (QED) is 0.172. The zero-order valence-electron chi connectivity index (χ0n) is 18.1. The van der Waals surface area contributed by atoms with E-state index >= 15 is 0 Å². The van der Waals surface area contributed by atoms with Crippen LogP contribution in [-0.4, -0.2) is 25.2 Å². The van der Waals surface area contributed by atoms with Gasteiger partial charge in [-0.25, -0.2) is 0 Å². The van der Waals surface area contributed by atoms with Gasteiger partial charge in [0.05, 0.1) is 13.2 Å². The predicted octanol–water partition coefficient (Wildman–Crippen LogP) is 6.74. The van der Waals surface area contributed by atoms with Gasteiger partial charge < -0.3 is 9.47 Å². The minimum atomic E-state index is -0.194. The van der Waals surface area contributed by atoms with Gasteiger partial charge >= 0.3 is 11.9 Å². The molecule has 0 aromatic rings. The number of rotatable bonds is 20. The van der Waals surface area contributed by atoms with Crippen LogP contribution >= 0.6 is 0 Å². The molecule has 0 spiro atoms. The first kappa shape index (κ1) is 25.9. The minimum Gasteiger partial charge on any atom is -0.466 e. The van der Waals surface area contributed by atoms with E-state index in [4.69, 9.17) is 9.47 Å². The van der Waals surface area contributed by atoms with Crippen LogP contribution in [0.5, 0.6) is 0 Å². The van der Waals surface area contributed by atoms with Crippen molar-refractivity contribution in [2.45, 2.75) is 123 Å². The summed E-state index contributed by atoms with van der Waals surface area (Å²) in [4.78, 5) is 23.3. The highest BCUT2D eigenvalue weighted by Crippen LogP contribution is 2.09. The van der Waals surface area contributed by atoms with Crippen molar-refractivity contribution in [3.05, 3.63) is 0 Å². The van der Waals surface area contributed by atoms with E-state index in [-0.39, 0.29) is 11.9 Å². The molecule has 0 radical (unpaired) electrons. The summed E-state index contributed by atoms with van der Waals surface area (Å²) in [5.74, 6) is -0.387. The summed E-state index contributed by atoms with van der Waals surface area (Å²) in [6.07, 6.45) is 18.1. The Balaban J connectivity index is 3.31. The third kappa shape index (κ3) is 21.1. The molecule has 4 nitrogen and oxygen atoms in total. The molecule has 0 atom stereocenters. The molecule has 0 heterocycles. The number of unbranched alkanes of at least 4 members (excludes halogenated alkanes) is 12. The topological polar surface area (TPSA) is 52.6 Å². The van der Waals surface area contributed by atoms with Gasteiger partial charge in [0.15, 0.2) is 0 Å². The van der Waals surface area contributed by atoms with Gasteiger partial charge in [0.25, 0.3) is 0 Å². The number of esters is 2. The second kappa shape index (κ2) is 21.2. The van der Waals surface area contributed by atoms with Crippen molar-refractivity contribution in [1.29, 1.82) is 0 Å². The lowest BCUT2D eigenvalue weighted by molar-refractivity contribution is -0.145. The molecule has 0 unspecified atom stereocenters.